The first-order valence-electron chi connectivity index (χ1n) is 45.5. The minimum Gasteiger partial charge on any atom is -0.497 e. The molecule has 0 saturated carbocycles. The number of para-hydroxylation sites is 2. The molecule has 0 unspecified atom stereocenters. The van der Waals surface area contributed by atoms with E-state index >= 15 is 38.4 Å². The van der Waals surface area contributed by atoms with Gasteiger partial charge in [0.1, 0.15) is 90.8 Å². The second-order valence-electron chi connectivity index (χ2n) is 35.3. The molecule has 0 radical (unpaired) electrons. The molecule has 6 heterocycles. The van der Waals surface area contributed by atoms with Crippen molar-refractivity contribution < 1.29 is 96.8 Å². The summed E-state index contributed by atoms with van der Waals surface area (Å²) in [5, 5.41) is 58.0. The van der Waals surface area contributed by atoms with Gasteiger partial charge in [0.05, 0.1) is 19.6 Å². The molecule has 17 N–H and O–H groups in total. The zero-order valence-corrected chi connectivity index (χ0v) is 75.9. The maximum atomic E-state index is 15.9. The third kappa shape index (κ3) is 27.3. The number of nitrogens with zero attached hydrogens (tertiary/aromatic N) is 6. The molecule has 0 spiro atoms. The van der Waals surface area contributed by atoms with Crippen molar-refractivity contribution in [3.63, 3.8) is 0 Å². The van der Waals surface area contributed by atoms with E-state index in [9.17, 15) is 53.7 Å². The number of methoxy groups -OCH3 is 1. The number of benzene rings is 3. The number of aliphatic carboxylic acids is 2. The molecule has 0 aliphatic carbocycles. The lowest BCUT2D eigenvalue weighted by Gasteiger charge is -2.38. The largest absolute Gasteiger partial charge is 0.497 e. The quantitative estimate of drug-likeness (QED) is 0.0418. The number of amides is 14. The van der Waals surface area contributed by atoms with Crippen molar-refractivity contribution in [1.82, 2.24) is 81.9 Å². The standard InChI is InChI=1S/C92H132N18O20/c1-10-12-26-72-84(121)99-64(41-53(3)4)80(117)95-38-20-18-31-77(112)97-67(43-55-32-34-59(130-9)35-33-55)89(126)108-39-21-19-29-73(108)85(122)103-69(47-78(113)114)90(127)109-40-22-30-74(109)86(123)104-70(48-94)83(120)101-66(42-54(5)6)91(128)110-51-58(111)46-76(110)87(124)100-65(44-56-49-96-62-25-16-14-23-60(56)62)82(119)98-63(36-37-93)81(118)102-68(88(125)106(8)75(27-13-11-2)92(129)105(72)7)45-57-50-107(52-79(115)116)71-28-17-15-24-61(57)71/h14-17,23-25,28,32-35,49-50,53-54,58,63-70,72-76,96,111H,10-13,18-22,26-27,29-31,36-48,51-52,93-94H2,1-9H3,(H,95,117)(H,97,112)(H,98,119)(H,99,121)(H,100,124)(H,101,120)(H,102,118)(H,103,122)(H,104,123)(H,113,114)(H,115,116)/t58-,63+,64+,65+,66+,67+,68+,69+,70+,72+,73+,74+,75+,76+/m1/s1. The number of fused-ring (bicyclic) bond motifs is 5. The Morgan fingerprint density at radius 1 is 0.500 bits per heavy atom. The van der Waals surface area contributed by atoms with Crippen molar-refractivity contribution in [2.45, 2.75) is 274 Å². The summed E-state index contributed by atoms with van der Waals surface area (Å²) in [6.07, 6.45) is 3.25. The maximum Gasteiger partial charge on any atom is 0.323 e. The first kappa shape index (κ1) is 102. The molecule has 710 valence electrons. The number of rotatable bonds is 24. The van der Waals surface area contributed by atoms with E-state index in [1.165, 1.54) is 40.5 Å². The molecule has 38 heteroatoms. The van der Waals surface area contributed by atoms with Gasteiger partial charge in [0.15, 0.2) is 0 Å². The van der Waals surface area contributed by atoms with Crippen LogP contribution in [0.5, 0.6) is 5.75 Å². The van der Waals surface area contributed by atoms with Crippen molar-refractivity contribution in [3.05, 3.63) is 102 Å². The number of unbranched alkanes of at least 4 members (excludes halogenated alkanes) is 2. The first-order chi connectivity index (χ1) is 62.1. The molecule has 9 rings (SSSR count). The Hall–Kier alpha value is -12.1. The highest BCUT2D eigenvalue weighted by Gasteiger charge is 2.47. The normalized spacial score (nSPS) is 25.4. The summed E-state index contributed by atoms with van der Waals surface area (Å²) in [5.74, 6) is -14.0. The van der Waals surface area contributed by atoms with Crippen molar-refractivity contribution in [1.29, 1.82) is 0 Å². The van der Waals surface area contributed by atoms with Crippen LogP contribution < -0.4 is 64.1 Å². The van der Waals surface area contributed by atoms with Crippen LogP contribution in [-0.4, -0.2) is 289 Å². The van der Waals surface area contributed by atoms with Crippen LogP contribution >= 0.6 is 0 Å². The van der Waals surface area contributed by atoms with E-state index in [2.05, 4.69) is 52.8 Å². The van der Waals surface area contributed by atoms with Crippen LogP contribution in [0, 0.1) is 11.8 Å². The number of nitrogens with two attached hydrogens (primary N) is 2. The molecule has 0 bridgehead atoms. The first-order valence-corrected chi connectivity index (χ1v) is 45.5. The molecule has 38 nitrogen and oxygen atoms in total. The number of hydrogen-bond acceptors (Lipinski definition) is 20. The van der Waals surface area contributed by atoms with Gasteiger partial charge in [0, 0.05) is 113 Å². The highest BCUT2D eigenvalue weighted by atomic mass is 16.5. The van der Waals surface area contributed by atoms with E-state index in [0.717, 1.165) is 9.80 Å². The number of likely N-dealkylation sites (N-methyl/N-ethyl adjacent to an activating group) is 2. The topological polar surface area (TPSA) is 540 Å². The molecule has 130 heavy (non-hydrogen) atoms. The molecule has 5 aromatic rings. The maximum absolute atomic E-state index is 15.9. The third-order valence-corrected chi connectivity index (χ3v) is 24.6. The second-order valence-corrected chi connectivity index (χ2v) is 35.3. The minimum atomic E-state index is -1.80. The number of hydrogen-bond donors (Lipinski definition) is 15. The molecule has 3 aromatic carbocycles. The Bertz CT molecular complexity index is 4820. The number of carboxylic acid groups (broad SMARTS) is 2. The number of aromatic amines is 1. The van der Waals surface area contributed by atoms with Crippen LogP contribution in [-0.2, 0) is 103 Å². The van der Waals surface area contributed by atoms with Gasteiger partial charge in [-0.05, 0) is 136 Å². The number of aromatic nitrogens is 2. The number of ether oxygens (including phenoxy) is 1. The Morgan fingerprint density at radius 2 is 1.04 bits per heavy atom. The van der Waals surface area contributed by atoms with Gasteiger partial charge in [-0.25, -0.2) is 0 Å². The third-order valence-electron chi connectivity index (χ3n) is 24.6. The average Bonchev–Trinajstić information content (AvgIpc) is 1.65. The van der Waals surface area contributed by atoms with Gasteiger partial charge in [-0.1, -0.05) is 116 Å². The highest BCUT2D eigenvalue weighted by molar-refractivity contribution is 6.02. The van der Waals surface area contributed by atoms with Gasteiger partial charge < -0.3 is 113 Å². The fourth-order valence-corrected chi connectivity index (χ4v) is 17.7. The van der Waals surface area contributed by atoms with E-state index in [-0.39, 0.29) is 134 Å². The smallest absolute Gasteiger partial charge is 0.323 e. The lowest BCUT2D eigenvalue weighted by molar-refractivity contribution is -0.149. The van der Waals surface area contributed by atoms with Crippen LogP contribution in [0.2, 0.25) is 0 Å². The molecule has 4 aliphatic heterocycles. The van der Waals surface area contributed by atoms with Gasteiger partial charge in [-0.2, -0.15) is 0 Å². The number of nitrogens with one attached hydrogen (secondary N) is 10. The van der Waals surface area contributed by atoms with Gasteiger partial charge in [0.25, 0.3) is 0 Å². The summed E-state index contributed by atoms with van der Waals surface area (Å²) >= 11 is 0. The van der Waals surface area contributed by atoms with Crippen molar-refractivity contribution >= 4 is 116 Å². The summed E-state index contributed by atoms with van der Waals surface area (Å²) in [7, 11) is 4.31. The van der Waals surface area contributed by atoms with Crippen LogP contribution in [0.3, 0.4) is 0 Å². The number of carboxylic acids is 2. The Balaban J connectivity index is 1.08. The van der Waals surface area contributed by atoms with Crippen LogP contribution in [0.4, 0.5) is 0 Å². The fourth-order valence-electron chi connectivity index (χ4n) is 17.7. The average molecular weight is 1810 g/mol. The number of carbonyl (C=O) groups is 16. The zero-order valence-electron chi connectivity index (χ0n) is 75.9. The second kappa shape index (κ2) is 48.5. The van der Waals surface area contributed by atoms with Crippen LogP contribution in [0.1, 0.15) is 180 Å². The molecule has 4 aliphatic rings. The Labute approximate surface area is 757 Å². The number of carbonyl (C=O) groups excluding carboxylic acids is 14. The number of H-pyrrole nitrogens is 1. The Morgan fingerprint density at radius 3 is 1.68 bits per heavy atom. The predicted molar refractivity (Wildman–Crippen MR) is 481 cm³/mol. The monoisotopic (exact) mass is 1810 g/mol. The molecule has 2 aromatic heterocycles. The molecular weight excluding hydrogens is 1680 g/mol. The molecule has 14 atom stereocenters. The summed E-state index contributed by atoms with van der Waals surface area (Å²) in [6, 6.07) is 2.01. The predicted octanol–water partition coefficient (Wildman–Crippen LogP) is 1.66. The van der Waals surface area contributed by atoms with E-state index in [4.69, 9.17) is 16.2 Å². The highest BCUT2D eigenvalue weighted by Crippen LogP contribution is 2.30. The lowest BCUT2D eigenvalue weighted by Crippen LogP contribution is -2.62. The van der Waals surface area contributed by atoms with Gasteiger partial charge in [0.2, 0.25) is 82.7 Å². The van der Waals surface area contributed by atoms with Crippen molar-refractivity contribution in [2.75, 3.05) is 60.5 Å². The summed E-state index contributed by atoms with van der Waals surface area (Å²) in [6.45, 7) is 9.24. The van der Waals surface area contributed by atoms with Gasteiger partial charge in [-0.15, -0.1) is 0 Å². The van der Waals surface area contributed by atoms with Gasteiger partial charge in [-0.3, -0.25) is 76.7 Å². The fraction of sp³-hybridized carbons (Fsp3) is 0.587. The lowest BCUT2D eigenvalue weighted by atomic mass is 9.97. The van der Waals surface area contributed by atoms with E-state index < -0.39 is 205 Å². The summed E-state index contributed by atoms with van der Waals surface area (Å²) in [4.78, 5) is 244. The minimum absolute atomic E-state index is 0.00671. The van der Waals surface area contributed by atoms with Crippen molar-refractivity contribution in [2.24, 2.45) is 23.3 Å². The molecule has 14 amide bonds. The zero-order chi connectivity index (χ0) is 94.7. The Kier molecular flexibility index (Phi) is 38.0. The number of aliphatic hydroxyl groups excluding tert-OH is 1. The van der Waals surface area contributed by atoms with Crippen LogP contribution in [0.15, 0.2) is 85.2 Å². The number of aliphatic hydroxyl groups is 1. The molecule has 4 fully saturated rings. The van der Waals surface area contributed by atoms with E-state index in [1.807, 2.05) is 27.7 Å². The van der Waals surface area contributed by atoms with E-state index in [1.54, 1.807) is 99.0 Å². The van der Waals surface area contributed by atoms with E-state index in [0.29, 0.717) is 82.8 Å². The van der Waals surface area contributed by atoms with Crippen molar-refractivity contribution in [3.8, 4) is 5.75 Å². The SMILES string of the molecule is CCCC[C@H]1C(=O)N(C)[C@@H](CCCC)C(=O)N[C@@H](CC(C)C)C(=O)NCCCCC(=O)N[C@@H](Cc2ccc(OC)cc2)C(=O)N2CCCC[C@H]2C(=O)N[C@@H](CC(=O)O)C(=O)N2CCC[C@H]2C(=O)N[C@@H](CN)C(=O)N[C@@H](CC(C)C)C(=O)N2C[C@H](O)C[C@H]2C(=O)N[C@@H](Cc2c[nH]c3ccccc23)C(=O)N[C@@H](CCN)C(=O)N[C@@H](Cc2cn(CC(=O)O)c3ccccc23)C(=O)N1C. The van der Waals surface area contributed by atoms with Crippen LogP contribution in [0.25, 0.3) is 21.8 Å². The molecular formula is C92H132N18O20. The summed E-state index contributed by atoms with van der Waals surface area (Å²) < 4.78 is 6.85. The van der Waals surface area contributed by atoms with Gasteiger partial charge >= 0.3 is 11.9 Å². The molecule has 4 saturated heterocycles. The number of piperidine rings is 1. The summed E-state index contributed by atoms with van der Waals surface area (Å²) in [5.41, 5.74) is 15.1.